The van der Waals surface area contributed by atoms with E-state index in [1.165, 1.54) is 0 Å². The minimum absolute atomic E-state index is 0.105. The molecule has 0 amide bonds. The predicted molar refractivity (Wildman–Crippen MR) is 78.4 cm³/mol. The Morgan fingerprint density at radius 3 is 2.25 bits per heavy atom. The molecule has 2 saturated heterocycles. The second-order valence-corrected chi connectivity index (χ2v) is 7.61. The summed E-state index contributed by atoms with van der Waals surface area (Å²) < 4.78 is 6.27. The SMILES string of the molecule is CCCC1CC(=O)C2(CC(C)(C)N(OC)C(C)(C)C2)O1. The summed E-state index contributed by atoms with van der Waals surface area (Å²) in [7, 11) is 1.71. The molecule has 2 rings (SSSR count). The van der Waals surface area contributed by atoms with Gasteiger partial charge in [0.25, 0.3) is 0 Å². The maximum absolute atomic E-state index is 12.6. The Morgan fingerprint density at radius 1 is 1.25 bits per heavy atom. The molecule has 0 aromatic carbocycles. The van der Waals surface area contributed by atoms with Crippen LogP contribution >= 0.6 is 0 Å². The number of ketones is 1. The molecule has 1 unspecified atom stereocenters. The zero-order chi connectivity index (χ0) is 15.2. The summed E-state index contributed by atoms with van der Waals surface area (Å²) in [6.45, 7) is 10.7. The number of rotatable bonds is 3. The van der Waals surface area contributed by atoms with Crippen molar-refractivity contribution >= 4 is 5.78 Å². The number of Topliss-reactive ketones (excluding diaryl/α,β-unsaturated/α-hetero) is 1. The van der Waals surface area contributed by atoms with E-state index in [1.807, 2.05) is 5.06 Å². The molecule has 0 radical (unpaired) electrons. The van der Waals surface area contributed by atoms with Crippen molar-refractivity contribution in [3.63, 3.8) is 0 Å². The maximum Gasteiger partial charge on any atom is 0.167 e. The predicted octanol–water partition coefficient (Wildman–Crippen LogP) is 3.10. The van der Waals surface area contributed by atoms with Crippen molar-refractivity contribution in [2.45, 2.75) is 89.5 Å². The molecule has 1 spiro atoms. The first kappa shape index (κ1) is 15.9. The normalized spacial score (nSPS) is 31.9. The molecule has 0 N–H and O–H groups in total. The van der Waals surface area contributed by atoms with Crippen LogP contribution in [-0.2, 0) is 14.4 Å². The lowest BCUT2D eigenvalue weighted by Gasteiger charge is -2.56. The Hall–Kier alpha value is -0.450. The summed E-state index contributed by atoms with van der Waals surface area (Å²) in [5, 5.41) is 2.02. The fraction of sp³-hybridized carbons (Fsp3) is 0.938. The van der Waals surface area contributed by atoms with E-state index in [0.717, 1.165) is 12.8 Å². The second kappa shape index (κ2) is 5.08. The standard InChI is InChI=1S/C16H29NO3/c1-7-8-12-9-13(18)16(20-12)10-14(2,3)17(19-6)15(4,5)11-16/h12H,7-11H2,1-6H3. The number of nitrogens with zero attached hydrogens (tertiary/aromatic N) is 1. The van der Waals surface area contributed by atoms with Gasteiger partial charge in [-0.1, -0.05) is 13.3 Å². The fourth-order valence-electron chi connectivity index (χ4n) is 4.50. The summed E-state index contributed by atoms with van der Waals surface area (Å²) in [6, 6.07) is 0. The third-order valence-corrected chi connectivity index (χ3v) is 4.64. The van der Waals surface area contributed by atoms with Gasteiger partial charge in [0, 0.05) is 30.3 Å². The van der Waals surface area contributed by atoms with Crippen LogP contribution in [0.15, 0.2) is 0 Å². The van der Waals surface area contributed by atoms with Crippen LogP contribution in [0.3, 0.4) is 0 Å². The second-order valence-electron chi connectivity index (χ2n) is 7.61. The third kappa shape index (κ3) is 2.53. The highest BCUT2D eigenvalue weighted by atomic mass is 16.7. The largest absolute Gasteiger partial charge is 0.363 e. The number of hydrogen-bond donors (Lipinski definition) is 0. The maximum atomic E-state index is 12.6. The van der Waals surface area contributed by atoms with E-state index in [2.05, 4.69) is 34.6 Å². The summed E-state index contributed by atoms with van der Waals surface area (Å²) in [5.74, 6) is 0.285. The average Bonchev–Trinajstić information content (AvgIpc) is 2.51. The number of ether oxygens (including phenoxy) is 1. The monoisotopic (exact) mass is 283 g/mol. The number of carbonyl (C=O) groups is 1. The Morgan fingerprint density at radius 2 is 1.80 bits per heavy atom. The molecule has 2 heterocycles. The van der Waals surface area contributed by atoms with Crippen molar-refractivity contribution in [3.8, 4) is 0 Å². The van der Waals surface area contributed by atoms with Gasteiger partial charge in [0.05, 0.1) is 13.2 Å². The van der Waals surface area contributed by atoms with Gasteiger partial charge in [-0.3, -0.25) is 4.79 Å². The van der Waals surface area contributed by atoms with Crippen LogP contribution < -0.4 is 0 Å². The number of carbonyl (C=O) groups excluding carboxylic acids is 1. The third-order valence-electron chi connectivity index (χ3n) is 4.64. The number of hydroxylamine groups is 2. The first-order chi connectivity index (χ1) is 9.17. The lowest BCUT2D eigenvalue weighted by atomic mass is 9.71. The van der Waals surface area contributed by atoms with Crippen LogP contribution in [0, 0.1) is 0 Å². The van der Waals surface area contributed by atoms with E-state index in [4.69, 9.17) is 9.57 Å². The van der Waals surface area contributed by atoms with Gasteiger partial charge in [0.1, 0.15) is 5.60 Å². The van der Waals surface area contributed by atoms with Crippen LogP contribution in [0.25, 0.3) is 0 Å². The molecule has 20 heavy (non-hydrogen) atoms. The van der Waals surface area contributed by atoms with E-state index >= 15 is 0 Å². The van der Waals surface area contributed by atoms with Gasteiger partial charge in [0.15, 0.2) is 5.78 Å². The van der Waals surface area contributed by atoms with E-state index in [9.17, 15) is 4.79 Å². The van der Waals surface area contributed by atoms with Crippen molar-refractivity contribution < 1.29 is 14.4 Å². The van der Waals surface area contributed by atoms with Gasteiger partial charge in [0.2, 0.25) is 0 Å². The summed E-state index contributed by atoms with van der Waals surface area (Å²) in [6.07, 6.45) is 4.13. The quantitative estimate of drug-likeness (QED) is 0.798. The molecule has 1 atom stereocenters. The lowest BCUT2D eigenvalue weighted by Crippen LogP contribution is -2.66. The Labute approximate surface area is 122 Å². The first-order valence-corrected chi connectivity index (χ1v) is 7.72. The molecule has 2 fully saturated rings. The molecule has 0 saturated carbocycles. The minimum atomic E-state index is -0.609. The van der Waals surface area contributed by atoms with Gasteiger partial charge in [-0.25, -0.2) is 0 Å². The number of hydrogen-bond acceptors (Lipinski definition) is 4. The zero-order valence-electron chi connectivity index (χ0n) is 13.8. The van der Waals surface area contributed by atoms with Crippen LogP contribution in [-0.4, -0.2) is 40.7 Å². The molecule has 0 aromatic rings. The van der Waals surface area contributed by atoms with Crippen molar-refractivity contribution in [3.05, 3.63) is 0 Å². The Kier molecular flexibility index (Phi) is 4.04. The average molecular weight is 283 g/mol. The van der Waals surface area contributed by atoms with Crippen LogP contribution in [0.5, 0.6) is 0 Å². The van der Waals surface area contributed by atoms with E-state index < -0.39 is 5.60 Å². The van der Waals surface area contributed by atoms with Crippen molar-refractivity contribution in [1.29, 1.82) is 0 Å². The molecule has 0 aromatic heterocycles. The molecule has 116 valence electrons. The van der Waals surface area contributed by atoms with Crippen molar-refractivity contribution in [1.82, 2.24) is 5.06 Å². The molecule has 2 aliphatic rings. The van der Waals surface area contributed by atoms with Crippen molar-refractivity contribution in [2.75, 3.05) is 7.11 Å². The molecule has 0 aliphatic carbocycles. The smallest absolute Gasteiger partial charge is 0.167 e. The number of piperidine rings is 1. The van der Waals surface area contributed by atoms with Gasteiger partial charge in [-0.2, -0.15) is 5.06 Å². The zero-order valence-corrected chi connectivity index (χ0v) is 13.8. The summed E-state index contributed by atoms with van der Waals surface area (Å²) in [4.78, 5) is 18.2. The van der Waals surface area contributed by atoms with E-state index in [0.29, 0.717) is 19.3 Å². The van der Waals surface area contributed by atoms with Gasteiger partial charge >= 0.3 is 0 Å². The van der Waals surface area contributed by atoms with Gasteiger partial charge in [-0.05, 0) is 34.1 Å². The van der Waals surface area contributed by atoms with Crippen LogP contribution in [0.2, 0.25) is 0 Å². The Bertz CT molecular complexity index is 371. The van der Waals surface area contributed by atoms with E-state index in [1.54, 1.807) is 7.11 Å². The summed E-state index contributed by atoms with van der Waals surface area (Å²) >= 11 is 0. The van der Waals surface area contributed by atoms with Gasteiger partial charge < -0.3 is 9.57 Å². The lowest BCUT2D eigenvalue weighted by molar-refractivity contribution is -0.291. The highest BCUT2D eigenvalue weighted by molar-refractivity contribution is 5.90. The molecule has 4 heteroatoms. The Balaban J connectivity index is 2.29. The molecular formula is C16H29NO3. The van der Waals surface area contributed by atoms with Crippen LogP contribution in [0.4, 0.5) is 0 Å². The summed E-state index contributed by atoms with van der Waals surface area (Å²) in [5.41, 5.74) is -1.04. The molecule has 2 aliphatic heterocycles. The van der Waals surface area contributed by atoms with Crippen LogP contribution in [0.1, 0.15) is 66.7 Å². The minimum Gasteiger partial charge on any atom is -0.363 e. The van der Waals surface area contributed by atoms with Crippen molar-refractivity contribution in [2.24, 2.45) is 0 Å². The first-order valence-electron chi connectivity index (χ1n) is 7.72. The van der Waals surface area contributed by atoms with E-state index in [-0.39, 0.29) is 23.0 Å². The topological polar surface area (TPSA) is 38.8 Å². The van der Waals surface area contributed by atoms with Gasteiger partial charge in [-0.15, -0.1) is 0 Å². The molecular weight excluding hydrogens is 254 g/mol. The highest BCUT2D eigenvalue weighted by Crippen LogP contribution is 2.49. The highest BCUT2D eigenvalue weighted by Gasteiger charge is 2.59. The fourth-order valence-corrected chi connectivity index (χ4v) is 4.50. The molecule has 4 nitrogen and oxygen atoms in total. The molecule has 0 bridgehead atoms.